The molecule has 1 unspecified atom stereocenters. The van der Waals surface area contributed by atoms with Crippen LogP contribution in [0.5, 0.6) is 5.75 Å². The van der Waals surface area contributed by atoms with E-state index in [2.05, 4.69) is 38.0 Å². The molecule has 0 bridgehead atoms. The van der Waals surface area contributed by atoms with E-state index in [0.717, 1.165) is 37.8 Å². The molecule has 3 N–H and O–H groups in total. The molecule has 1 saturated heterocycles. The van der Waals surface area contributed by atoms with Crippen LogP contribution in [-0.2, 0) is 4.74 Å². The predicted molar refractivity (Wildman–Crippen MR) is 140 cm³/mol. The fourth-order valence-corrected chi connectivity index (χ4v) is 3.64. The van der Waals surface area contributed by atoms with Crippen LogP contribution in [-0.4, -0.2) is 69.4 Å². The molecule has 0 aliphatic carbocycles. The van der Waals surface area contributed by atoms with Gasteiger partial charge in [-0.3, -0.25) is 9.89 Å². The van der Waals surface area contributed by atoms with E-state index in [0.29, 0.717) is 13.1 Å². The minimum absolute atomic E-state index is 0. The Kier molecular flexibility index (Phi) is 12.7. The van der Waals surface area contributed by atoms with Gasteiger partial charge in [-0.2, -0.15) is 0 Å². The van der Waals surface area contributed by atoms with Crippen molar-refractivity contribution in [3.63, 3.8) is 0 Å². The second-order valence-corrected chi connectivity index (χ2v) is 8.66. The van der Waals surface area contributed by atoms with Crippen molar-refractivity contribution in [2.75, 3.05) is 46.9 Å². The number of amides is 1. The Morgan fingerprint density at radius 2 is 1.78 bits per heavy atom. The summed E-state index contributed by atoms with van der Waals surface area (Å²) in [7, 11) is 3.49. The molecule has 0 aromatic heterocycles. The molecular formula is C23H40IN5O3. The molecule has 2 rings (SSSR count). The molecule has 0 radical (unpaired) electrons. The smallest absolute Gasteiger partial charge is 0.407 e. The van der Waals surface area contributed by atoms with Crippen LogP contribution in [0.15, 0.2) is 29.3 Å². The second kappa shape index (κ2) is 14.4. The van der Waals surface area contributed by atoms with Gasteiger partial charge in [-0.25, -0.2) is 4.79 Å². The Balaban J connectivity index is 0.00000512. The maximum absolute atomic E-state index is 11.7. The number of carbonyl (C=O) groups is 1. The molecule has 0 saturated carbocycles. The standard InChI is InChI=1S/C23H39N5O3.HI/c1-23(2,3)31-22(29)26-14-10-13-25-21(24-4)27-17-19(28-15-8-9-16-28)18-11-6-7-12-20(18)30-5;/h6-7,11-12,19H,8-10,13-17H2,1-5H3,(H,26,29)(H2,24,25,27);1H. The fourth-order valence-electron chi connectivity index (χ4n) is 3.64. The molecule has 1 fully saturated rings. The highest BCUT2D eigenvalue weighted by atomic mass is 127. The highest BCUT2D eigenvalue weighted by molar-refractivity contribution is 14.0. The molecule has 1 amide bonds. The number of hydrogen-bond acceptors (Lipinski definition) is 5. The van der Waals surface area contributed by atoms with Crippen LogP contribution in [0, 0.1) is 0 Å². The summed E-state index contributed by atoms with van der Waals surface area (Å²) in [6, 6.07) is 8.44. The summed E-state index contributed by atoms with van der Waals surface area (Å²) in [5.41, 5.74) is 0.707. The lowest BCUT2D eigenvalue weighted by Crippen LogP contribution is -2.43. The van der Waals surface area contributed by atoms with Gasteiger partial charge >= 0.3 is 6.09 Å². The van der Waals surface area contributed by atoms with Crippen molar-refractivity contribution in [1.82, 2.24) is 20.9 Å². The first-order valence-electron chi connectivity index (χ1n) is 11.1. The first-order valence-corrected chi connectivity index (χ1v) is 11.1. The number of carbonyl (C=O) groups excluding carboxylic acids is 1. The van der Waals surface area contributed by atoms with Crippen LogP contribution >= 0.6 is 24.0 Å². The van der Waals surface area contributed by atoms with E-state index in [1.807, 2.05) is 32.9 Å². The van der Waals surface area contributed by atoms with E-state index in [1.165, 1.54) is 18.4 Å². The first-order chi connectivity index (χ1) is 14.8. The van der Waals surface area contributed by atoms with Crippen molar-refractivity contribution in [3.05, 3.63) is 29.8 Å². The first kappa shape index (κ1) is 28.3. The minimum Gasteiger partial charge on any atom is -0.496 e. The molecule has 1 aromatic carbocycles. The Morgan fingerprint density at radius 3 is 2.41 bits per heavy atom. The third-order valence-electron chi connectivity index (χ3n) is 5.08. The van der Waals surface area contributed by atoms with Crippen LogP contribution in [0.1, 0.15) is 51.6 Å². The third-order valence-corrected chi connectivity index (χ3v) is 5.08. The van der Waals surface area contributed by atoms with Crippen LogP contribution < -0.4 is 20.7 Å². The van der Waals surface area contributed by atoms with Crippen molar-refractivity contribution in [1.29, 1.82) is 0 Å². The van der Waals surface area contributed by atoms with Crippen molar-refractivity contribution in [3.8, 4) is 5.75 Å². The van der Waals surface area contributed by atoms with Gasteiger partial charge in [0.15, 0.2) is 5.96 Å². The van der Waals surface area contributed by atoms with Gasteiger partial charge in [0.2, 0.25) is 0 Å². The Labute approximate surface area is 209 Å². The monoisotopic (exact) mass is 561 g/mol. The summed E-state index contributed by atoms with van der Waals surface area (Å²) >= 11 is 0. The van der Waals surface area contributed by atoms with Gasteiger partial charge in [-0.1, -0.05) is 18.2 Å². The fraction of sp³-hybridized carbons (Fsp3) is 0.652. The molecule has 182 valence electrons. The molecular weight excluding hydrogens is 521 g/mol. The lowest BCUT2D eigenvalue weighted by Gasteiger charge is -2.30. The number of methoxy groups -OCH3 is 1. The zero-order chi connectivity index (χ0) is 22.7. The van der Waals surface area contributed by atoms with Crippen LogP contribution in [0.3, 0.4) is 0 Å². The number of para-hydroxylation sites is 1. The average Bonchev–Trinajstić information content (AvgIpc) is 3.25. The number of nitrogens with one attached hydrogen (secondary N) is 3. The Hall–Kier alpha value is -1.75. The van der Waals surface area contributed by atoms with Gasteiger partial charge < -0.3 is 25.4 Å². The third kappa shape index (κ3) is 9.81. The summed E-state index contributed by atoms with van der Waals surface area (Å²) in [4.78, 5) is 18.5. The largest absolute Gasteiger partial charge is 0.496 e. The topological polar surface area (TPSA) is 87.2 Å². The molecule has 32 heavy (non-hydrogen) atoms. The molecule has 1 heterocycles. The maximum Gasteiger partial charge on any atom is 0.407 e. The minimum atomic E-state index is -0.485. The summed E-state index contributed by atoms with van der Waals surface area (Å²) in [5.74, 6) is 1.66. The number of alkyl carbamates (subject to hydrolysis) is 1. The Bertz CT molecular complexity index is 718. The molecule has 1 aliphatic rings. The number of guanidine groups is 1. The van der Waals surface area contributed by atoms with E-state index in [-0.39, 0.29) is 36.1 Å². The summed E-state index contributed by atoms with van der Waals surface area (Å²) in [6.45, 7) is 9.70. The highest BCUT2D eigenvalue weighted by Crippen LogP contribution is 2.31. The van der Waals surface area contributed by atoms with Crippen LogP contribution in [0.2, 0.25) is 0 Å². The lowest BCUT2D eigenvalue weighted by atomic mass is 10.0. The summed E-state index contributed by atoms with van der Waals surface area (Å²) in [6.07, 6.45) is 2.83. The van der Waals surface area contributed by atoms with Crippen LogP contribution in [0.25, 0.3) is 0 Å². The van der Waals surface area contributed by atoms with Crippen molar-refractivity contribution in [2.45, 2.75) is 51.7 Å². The zero-order valence-electron chi connectivity index (χ0n) is 20.1. The normalized spacial score (nSPS) is 15.5. The van der Waals surface area contributed by atoms with Crippen LogP contribution in [0.4, 0.5) is 4.79 Å². The van der Waals surface area contributed by atoms with Gasteiger partial charge in [-0.05, 0) is 59.2 Å². The van der Waals surface area contributed by atoms with Gasteiger partial charge in [-0.15, -0.1) is 24.0 Å². The average molecular weight is 562 g/mol. The lowest BCUT2D eigenvalue weighted by molar-refractivity contribution is 0.0527. The quantitative estimate of drug-likeness (QED) is 0.185. The summed E-state index contributed by atoms with van der Waals surface area (Å²) < 4.78 is 10.9. The maximum atomic E-state index is 11.7. The van der Waals surface area contributed by atoms with Gasteiger partial charge in [0.25, 0.3) is 0 Å². The molecule has 8 nitrogen and oxygen atoms in total. The van der Waals surface area contributed by atoms with Gasteiger partial charge in [0.05, 0.1) is 13.2 Å². The zero-order valence-corrected chi connectivity index (χ0v) is 22.4. The van der Waals surface area contributed by atoms with E-state index >= 15 is 0 Å². The van der Waals surface area contributed by atoms with E-state index in [9.17, 15) is 4.79 Å². The number of halogens is 1. The molecule has 1 atom stereocenters. The van der Waals surface area contributed by atoms with Gasteiger partial charge in [0.1, 0.15) is 11.4 Å². The number of nitrogens with zero attached hydrogens (tertiary/aromatic N) is 2. The number of aliphatic imine (C=N–C) groups is 1. The predicted octanol–water partition coefficient (Wildman–Crippen LogP) is 3.53. The Morgan fingerprint density at radius 1 is 1.12 bits per heavy atom. The second-order valence-electron chi connectivity index (χ2n) is 8.66. The highest BCUT2D eigenvalue weighted by Gasteiger charge is 2.26. The van der Waals surface area contributed by atoms with E-state index in [4.69, 9.17) is 9.47 Å². The van der Waals surface area contributed by atoms with E-state index < -0.39 is 5.60 Å². The van der Waals surface area contributed by atoms with Crippen molar-refractivity contribution >= 4 is 36.0 Å². The number of ether oxygens (including phenoxy) is 2. The van der Waals surface area contributed by atoms with Gasteiger partial charge in [0, 0.05) is 32.2 Å². The van der Waals surface area contributed by atoms with Crippen molar-refractivity contribution < 1.29 is 14.3 Å². The number of benzene rings is 1. The SMILES string of the molecule is CN=C(NCCCNC(=O)OC(C)(C)C)NCC(c1ccccc1OC)N1CCCC1.I. The number of rotatable bonds is 9. The molecule has 0 spiro atoms. The molecule has 1 aliphatic heterocycles. The van der Waals surface area contributed by atoms with E-state index in [1.54, 1.807) is 14.2 Å². The van der Waals surface area contributed by atoms with Crippen molar-refractivity contribution in [2.24, 2.45) is 4.99 Å². The summed E-state index contributed by atoms with van der Waals surface area (Å²) in [5, 5.41) is 9.54. The number of likely N-dealkylation sites (tertiary alicyclic amines) is 1. The molecule has 9 heteroatoms. The molecule has 1 aromatic rings. The number of hydrogen-bond donors (Lipinski definition) is 3.